The number of hydrogen-bond acceptors (Lipinski definition) is 4. The van der Waals surface area contributed by atoms with Crippen LogP contribution in [0.5, 0.6) is 5.75 Å². The fourth-order valence-electron chi connectivity index (χ4n) is 2.38. The van der Waals surface area contributed by atoms with Crippen LogP contribution in [0.3, 0.4) is 0 Å². The number of phenols is 1. The van der Waals surface area contributed by atoms with Crippen molar-refractivity contribution in [3.63, 3.8) is 0 Å². The van der Waals surface area contributed by atoms with Gasteiger partial charge in [0.15, 0.2) is 0 Å². The first-order valence-corrected chi connectivity index (χ1v) is 6.10. The Labute approximate surface area is 107 Å². The third-order valence-corrected chi connectivity index (χ3v) is 3.66. The first-order valence-electron chi connectivity index (χ1n) is 6.10. The molecule has 1 aliphatic rings. The number of carbonyl (C=O) groups excluding carboxylic acids is 1. The highest BCUT2D eigenvalue weighted by Gasteiger charge is 2.39. The van der Waals surface area contributed by atoms with E-state index in [-0.39, 0.29) is 11.7 Å². The number of piperazine rings is 1. The Kier molecular flexibility index (Phi) is 3.54. The molecule has 1 atom stereocenters. The van der Waals surface area contributed by atoms with Gasteiger partial charge in [-0.3, -0.25) is 9.69 Å². The number of phenolic OH excluding ortho intramolecular Hbond substituents is 1. The van der Waals surface area contributed by atoms with Crippen LogP contribution in [0.4, 0.5) is 0 Å². The maximum Gasteiger partial charge on any atom is 0.242 e. The van der Waals surface area contributed by atoms with Crippen molar-refractivity contribution in [2.24, 2.45) is 5.73 Å². The van der Waals surface area contributed by atoms with E-state index in [1.165, 1.54) is 0 Å². The molecular weight excluding hydrogens is 230 g/mol. The summed E-state index contributed by atoms with van der Waals surface area (Å²) in [5.41, 5.74) is 5.60. The molecule has 5 heteroatoms. The van der Waals surface area contributed by atoms with E-state index in [1.54, 1.807) is 24.3 Å². The van der Waals surface area contributed by atoms with Crippen LogP contribution >= 0.6 is 0 Å². The Bertz CT molecular complexity index is 426. The summed E-state index contributed by atoms with van der Waals surface area (Å²) in [6.45, 7) is 5.09. The summed E-state index contributed by atoms with van der Waals surface area (Å²) < 4.78 is 0. The first-order chi connectivity index (χ1) is 8.55. The van der Waals surface area contributed by atoms with Crippen molar-refractivity contribution < 1.29 is 9.90 Å². The molecule has 0 saturated carbocycles. The molecule has 1 amide bonds. The topological polar surface area (TPSA) is 78.6 Å². The average molecular weight is 249 g/mol. The Morgan fingerprint density at radius 1 is 1.33 bits per heavy atom. The lowest BCUT2D eigenvalue weighted by molar-refractivity contribution is -0.130. The molecule has 1 fully saturated rings. The van der Waals surface area contributed by atoms with Gasteiger partial charge in [0.2, 0.25) is 5.91 Å². The van der Waals surface area contributed by atoms with E-state index in [9.17, 15) is 9.90 Å². The minimum Gasteiger partial charge on any atom is -0.508 e. The fraction of sp³-hybridized carbons (Fsp3) is 0.462. The Hall–Kier alpha value is -1.59. The highest BCUT2D eigenvalue weighted by molar-refractivity contribution is 5.85. The number of rotatable bonds is 3. The number of nitrogens with two attached hydrogens (primary N) is 1. The molecule has 0 bridgehead atoms. The van der Waals surface area contributed by atoms with E-state index < -0.39 is 5.54 Å². The van der Waals surface area contributed by atoms with Gasteiger partial charge in [0.1, 0.15) is 11.3 Å². The second-order valence-electron chi connectivity index (χ2n) is 4.72. The number of hydrogen-bond donors (Lipinski definition) is 3. The highest BCUT2D eigenvalue weighted by atomic mass is 16.3. The van der Waals surface area contributed by atoms with E-state index in [0.29, 0.717) is 0 Å². The monoisotopic (exact) mass is 249 g/mol. The maximum absolute atomic E-state index is 11.9. The molecule has 1 unspecified atom stereocenters. The van der Waals surface area contributed by atoms with Crippen molar-refractivity contribution in [1.29, 1.82) is 0 Å². The molecule has 4 N–H and O–H groups in total. The Morgan fingerprint density at radius 2 is 1.89 bits per heavy atom. The van der Waals surface area contributed by atoms with Crippen LogP contribution in [0.25, 0.3) is 0 Å². The number of nitrogens with one attached hydrogen (secondary N) is 1. The number of nitrogens with zero attached hydrogens (tertiary/aromatic N) is 1. The van der Waals surface area contributed by atoms with Gasteiger partial charge in [0.05, 0.1) is 0 Å². The second kappa shape index (κ2) is 4.96. The Balaban J connectivity index is 2.36. The summed E-state index contributed by atoms with van der Waals surface area (Å²) in [7, 11) is 0. The van der Waals surface area contributed by atoms with Crippen LogP contribution in [0.2, 0.25) is 0 Å². The van der Waals surface area contributed by atoms with Gasteiger partial charge < -0.3 is 16.2 Å². The third kappa shape index (κ3) is 2.19. The van der Waals surface area contributed by atoms with E-state index >= 15 is 0 Å². The van der Waals surface area contributed by atoms with E-state index in [2.05, 4.69) is 10.2 Å². The quantitative estimate of drug-likeness (QED) is 0.704. The summed E-state index contributed by atoms with van der Waals surface area (Å²) in [5, 5.41) is 12.6. The van der Waals surface area contributed by atoms with E-state index in [0.717, 1.165) is 31.7 Å². The summed E-state index contributed by atoms with van der Waals surface area (Å²) in [5.74, 6) is -0.180. The molecule has 0 radical (unpaired) electrons. The van der Waals surface area contributed by atoms with Gasteiger partial charge in [-0.15, -0.1) is 0 Å². The fourth-order valence-corrected chi connectivity index (χ4v) is 2.38. The molecule has 0 aromatic heterocycles. The lowest BCUT2D eigenvalue weighted by Crippen LogP contribution is -2.58. The lowest BCUT2D eigenvalue weighted by Gasteiger charge is -2.41. The molecule has 5 nitrogen and oxygen atoms in total. The standard InChI is InChI=1S/C13H19N3O2/c1-13(12(14)18,16-8-6-15-7-9-16)10-2-4-11(17)5-3-10/h2-5,15,17H,6-9H2,1H3,(H2,14,18). The van der Waals surface area contributed by atoms with Gasteiger partial charge in [-0.05, 0) is 24.6 Å². The molecular formula is C13H19N3O2. The molecule has 98 valence electrons. The van der Waals surface area contributed by atoms with Gasteiger partial charge in [-0.1, -0.05) is 12.1 Å². The van der Waals surface area contributed by atoms with Crippen molar-refractivity contribution >= 4 is 5.91 Å². The first kappa shape index (κ1) is 12.9. The van der Waals surface area contributed by atoms with Gasteiger partial charge >= 0.3 is 0 Å². The molecule has 1 saturated heterocycles. The van der Waals surface area contributed by atoms with Gasteiger partial charge in [-0.25, -0.2) is 0 Å². The van der Waals surface area contributed by atoms with Gasteiger partial charge in [-0.2, -0.15) is 0 Å². The zero-order valence-corrected chi connectivity index (χ0v) is 10.5. The van der Waals surface area contributed by atoms with Crippen LogP contribution in [-0.2, 0) is 10.3 Å². The third-order valence-electron chi connectivity index (χ3n) is 3.66. The zero-order valence-electron chi connectivity index (χ0n) is 10.5. The summed E-state index contributed by atoms with van der Waals surface area (Å²) >= 11 is 0. The molecule has 1 aliphatic heterocycles. The van der Waals surface area contributed by atoms with Gasteiger partial charge in [0, 0.05) is 26.2 Å². The minimum atomic E-state index is -0.824. The van der Waals surface area contributed by atoms with E-state index in [4.69, 9.17) is 5.73 Å². The summed E-state index contributed by atoms with van der Waals surface area (Å²) in [4.78, 5) is 14.0. The number of amides is 1. The van der Waals surface area contributed by atoms with Crippen LogP contribution < -0.4 is 11.1 Å². The predicted octanol–water partition coefficient (Wildman–Crippen LogP) is -0.00210. The molecule has 1 aromatic rings. The molecule has 1 aromatic carbocycles. The summed E-state index contributed by atoms with van der Waals surface area (Å²) in [6, 6.07) is 6.67. The second-order valence-corrected chi connectivity index (χ2v) is 4.72. The van der Waals surface area contributed by atoms with Crippen LogP contribution in [0.15, 0.2) is 24.3 Å². The number of carbonyl (C=O) groups is 1. The Morgan fingerprint density at radius 3 is 2.39 bits per heavy atom. The average Bonchev–Trinajstić information content (AvgIpc) is 2.39. The SMILES string of the molecule is CC(C(N)=O)(c1ccc(O)cc1)N1CCNCC1. The van der Waals surface area contributed by atoms with Crippen molar-refractivity contribution in [2.45, 2.75) is 12.5 Å². The van der Waals surface area contributed by atoms with Crippen molar-refractivity contribution in [3.05, 3.63) is 29.8 Å². The normalized spacial score (nSPS) is 20.3. The molecule has 2 rings (SSSR count). The minimum absolute atomic E-state index is 0.186. The lowest BCUT2D eigenvalue weighted by atomic mass is 9.88. The predicted molar refractivity (Wildman–Crippen MR) is 69.1 cm³/mol. The zero-order chi connectivity index (χ0) is 13.2. The number of primary amides is 1. The number of benzene rings is 1. The number of aromatic hydroxyl groups is 1. The smallest absolute Gasteiger partial charge is 0.242 e. The van der Waals surface area contributed by atoms with Gasteiger partial charge in [0.25, 0.3) is 0 Å². The summed E-state index contributed by atoms with van der Waals surface area (Å²) in [6.07, 6.45) is 0. The van der Waals surface area contributed by atoms with Crippen LogP contribution in [-0.4, -0.2) is 42.1 Å². The van der Waals surface area contributed by atoms with Crippen molar-refractivity contribution in [3.8, 4) is 5.75 Å². The van der Waals surface area contributed by atoms with E-state index in [1.807, 2.05) is 6.92 Å². The molecule has 0 spiro atoms. The van der Waals surface area contributed by atoms with Crippen LogP contribution in [0.1, 0.15) is 12.5 Å². The highest BCUT2D eigenvalue weighted by Crippen LogP contribution is 2.29. The van der Waals surface area contributed by atoms with Crippen LogP contribution in [0, 0.1) is 0 Å². The molecule has 0 aliphatic carbocycles. The van der Waals surface area contributed by atoms with Crippen molar-refractivity contribution in [2.75, 3.05) is 26.2 Å². The maximum atomic E-state index is 11.9. The largest absolute Gasteiger partial charge is 0.508 e. The molecule has 18 heavy (non-hydrogen) atoms. The molecule has 1 heterocycles. The van der Waals surface area contributed by atoms with Crippen molar-refractivity contribution in [1.82, 2.24) is 10.2 Å².